The van der Waals surface area contributed by atoms with Crippen molar-refractivity contribution in [3.8, 4) is 0 Å². The van der Waals surface area contributed by atoms with Crippen LogP contribution < -0.4 is 10.6 Å². The van der Waals surface area contributed by atoms with Crippen molar-refractivity contribution in [3.63, 3.8) is 0 Å². The van der Waals surface area contributed by atoms with Crippen molar-refractivity contribution in [3.05, 3.63) is 64.2 Å². The molecular formula is C21H26N2O3. The van der Waals surface area contributed by atoms with Crippen LogP contribution in [0.1, 0.15) is 32.6 Å². The molecule has 2 amide bonds. The van der Waals surface area contributed by atoms with E-state index in [2.05, 4.69) is 10.6 Å². The van der Waals surface area contributed by atoms with Crippen molar-refractivity contribution in [2.75, 3.05) is 25.6 Å². The zero-order valence-corrected chi connectivity index (χ0v) is 15.8. The number of hydrogen-bond acceptors (Lipinski definition) is 3. The fraction of sp³-hybridized carbons (Fsp3) is 0.333. The summed E-state index contributed by atoms with van der Waals surface area (Å²) in [7, 11) is 1.60. The average molecular weight is 354 g/mol. The third kappa shape index (κ3) is 5.43. The Morgan fingerprint density at radius 2 is 1.62 bits per heavy atom. The highest BCUT2D eigenvalue weighted by Gasteiger charge is 2.13. The Balaban J connectivity index is 1.99. The molecule has 0 fully saturated rings. The van der Waals surface area contributed by atoms with Gasteiger partial charge in [0.05, 0.1) is 13.0 Å². The lowest BCUT2D eigenvalue weighted by atomic mass is 9.99. The van der Waals surface area contributed by atoms with Gasteiger partial charge in [-0.05, 0) is 49.6 Å². The molecule has 0 aliphatic heterocycles. The van der Waals surface area contributed by atoms with Gasteiger partial charge in [-0.1, -0.05) is 29.8 Å². The van der Waals surface area contributed by atoms with Crippen LogP contribution in [-0.2, 0) is 16.0 Å². The molecule has 0 atom stereocenters. The van der Waals surface area contributed by atoms with Crippen molar-refractivity contribution < 1.29 is 14.3 Å². The molecule has 5 nitrogen and oxygen atoms in total. The number of carbonyl (C=O) groups is 2. The molecule has 2 aromatic rings. The number of benzene rings is 2. The molecule has 2 rings (SSSR count). The number of methoxy groups -OCH3 is 1. The molecular weight excluding hydrogens is 328 g/mol. The van der Waals surface area contributed by atoms with Crippen LogP contribution in [0, 0.1) is 20.8 Å². The maximum Gasteiger partial charge on any atom is 0.256 e. The van der Waals surface area contributed by atoms with E-state index in [1.165, 1.54) is 0 Å². The zero-order valence-electron chi connectivity index (χ0n) is 15.8. The second kappa shape index (κ2) is 9.15. The first-order valence-corrected chi connectivity index (χ1v) is 8.64. The topological polar surface area (TPSA) is 67.4 Å². The summed E-state index contributed by atoms with van der Waals surface area (Å²) in [4.78, 5) is 24.4. The number of amides is 2. The first kappa shape index (κ1) is 19.7. The molecule has 2 aromatic carbocycles. The molecule has 0 saturated carbocycles. The maximum atomic E-state index is 12.6. The first-order valence-electron chi connectivity index (χ1n) is 8.64. The molecule has 0 spiro atoms. The number of ether oxygens (including phenoxy) is 1. The van der Waals surface area contributed by atoms with Gasteiger partial charge in [-0.15, -0.1) is 0 Å². The van der Waals surface area contributed by atoms with E-state index in [1.807, 2.05) is 57.2 Å². The summed E-state index contributed by atoms with van der Waals surface area (Å²) in [5, 5.41) is 5.71. The fourth-order valence-corrected chi connectivity index (χ4v) is 2.98. The highest BCUT2D eigenvalue weighted by atomic mass is 16.5. The van der Waals surface area contributed by atoms with Crippen molar-refractivity contribution >= 4 is 17.5 Å². The van der Waals surface area contributed by atoms with Crippen LogP contribution in [0.4, 0.5) is 5.69 Å². The second-order valence-electron chi connectivity index (χ2n) is 6.44. The average Bonchev–Trinajstić information content (AvgIpc) is 2.56. The van der Waals surface area contributed by atoms with Gasteiger partial charge in [-0.25, -0.2) is 0 Å². The van der Waals surface area contributed by atoms with Gasteiger partial charge in [-0.2, -0.15) is 0 Å². The Morgan fingerprint density at radius 3 is 2.19 bits per heavy atom. The molecule has 0 saturated heterocycles. The van der Waals surface area contributed by atoms with Gasteiger partial charge in [0.25, 0.3) is 5.91 Å². The number of nitrogens with one attached hydrogen (secondary N) is 2. The number of hydrogen-bond donors (Lipinski definition) is 2. The lowest BCUT2D eigenvalue weighted by molar-refractivity contribution is -0.120. The normalized spacial score (nSPS) is 10.5. The van der Waals surface area contributed by atoms with E-state index in [0.717, 1.165) is 22.3 Å². The predicted octanol–water partition coefficient (Wildman–Crippen LogP) is 3.17. The molecule has 0 aliphatic rings. The Kier molecular flexibility index (Phi) is 6.92. The molecule has 0 bridgehead atoms. The van der Waals surface area contributed by atoms with Gasteiger partial charge in [0.15, 0.2) is 0 Å². The van der Waals surface area contributed by atoms with Crippen LogP contribution in [0.15, 0.2) is 36.4 Å². The Bertz CT molecular complexity index is 759. The number of carbonyl (C=O) groups excluding carboxylic acids is 2. The fourth-order valence-electron chi connectivity index (χ4n) is 2.98. The van der Waals surface area contributed by atoms with Gasteiger partial charge in [0, 0.05) is 24.9 Å². The van der Waals surface area contributed by atoms with Gasteiger partial charge < -0.3 is 15.4 Å². The van der Waals surface area contributed by atoms with Crippen LogP contribution in [-0.4, -0.2) is 32.1 Å². The van der Waals surface area contributed by atoms with E-state index in [0.29, 0.717) is 30.8 Å². The summed E-state index contributed by atoms with van der Waals surface area (Å²) in [5.74, 6) is -0.171. The van der Waals surface area contributed by atoms with Gasteiger partial charge >= 0.3 is 0 Å². The van der Waals surface area contributed by atoms with Crippen LogP contribution in [0.25, 0.3) is 0 Å². The highest BCUT2D eigenvalue weighted by Crippen LogP contribution is 2.19. The molecule has 26 heavy (non-hydrogen) atoms. The summed E-state index contributed by atoms with van der Waals surface area (Å²) in [5.41, 5.74) is 5.37. The predicted molar refractivity (Wildman–Crippen MR) is 104 cm³/mol. The first-order chi connectivity index (χ1) is 12.4. The Hall–Kier alpha value is -2.66. The summed E-state index contributed by atoms with van der Waals surface area (Å²) in [6.07, 6.45) is 0.300. The van der Waals surface area contributed by atoms with E-state index < -0.39 is 0 Å². The molecule has 138 valence electrons. The van der Waals surface area contributed by atoms with Crippen molar-refractivity contribution in [1.82, 2.24) is 5.32 Å². The maximum absolute atomic E-state index is 12.6. The van der Waals surface area contributed by atoms with Gasteiger partial charge in [0.2, 0.25) is 5.91 Å². The minimum atomic E-state index is -0.120. The minimum Gasteiger partial charge on any atom is -0.383 e. The standard InChI is InChI=1S/C21H26N2O3/c1-14-11-15(2)20(16(3)12-14)21(25)23-18-7-5-17(6-8-18)13-19(24)22-9-10-26-4/h5-8,11-12H,9-10,13H2,1-4H3,(H,22,24)(H,23,25). The monoisotopic (exact) mass is 354 g/mol. The Labute approximate surface area is 154 Å². The second-order valence-corrected chi connectivity index (χ2v) is 6.44. The number of rotatable bonds is 7. The van der Waals surface area contributed by atoms with E-state index in [9.17, 15) is 9.59 Å². The third-order valence-electron chi connectivity index (χ3n) is 4.11. The third-order valence-corrected chi connectivity index (χ3v) is 4.11. The summed E-state index contributed by atoms with van der Waals surface area (Å²) in [6.45, 7) is 6.90. The number of aryl methyl sites for hydroxylation is 3. The summed E-state index contributed by atoms with van der Waals surface area (Å²) >= 11 is 0. The van der Waals surface area contributed by atoms with E-state index in [1.54, 1.807) is 7.11 Å². The lowest BCUT2D eigenvalue weighted by Crippen LogP contribution is -2.28. The van der Waals surface area contributed by atoms with Crippen LogP contribution >= 0.6 is 0 Å². The SMILES string of the molecule is COCCNC(=O)Cc1ccc(NC(=O)c2c(C)cc(C)cc2C)cc1. The Morgan fingerprint density at radius 1 is 1.00 bits per heavy atom. The molecule has 0 aromatic heterocycles. The van der Waals surface area contributed by atoms with Gasteiger partial charge in [0.1, 0.15) is 0 Å². The van der Waals surface area contributed by atoms with Crippen LogP contribution in [0.5, 0.6) is 0 Å². The summed E-state index contributed by atoms with van der Waals surface area (Å²) < 4.78 is 4.90. The van der Waals surface area contributed by atoms with Crippen molar-refractivity contribution in [2.45, 2.75) is 27.2 Å². The van der Waals surface area contributed by atoms with E-state index >= 15 is 0 Å². The highest BCUT2D eigenvalue weighted by molar-refractivity contribution is 6.06. The van der Waals surface area contributed by atoms with Crippen LogP contribution in [0.3, 0.4) is 0 Å². The van der Waals surface area contributed by atoms with E-state index in [-0.39, 0.29) is 11.8 Å². The zero-order chi connectivity index (χ0) is 19.1. The molecule has 0 heterocycles. The smallest absolute Gasteiger partial charge is 0.256 e. The van der Waals surface area contributed by atoms with Crippen molar-refractivity contribution in [1.29, 1.82) is 0 Å². The largest absolute Gasteiger partial charge is 0.383 e. The molecule has 2 N–H and O–H groups in total. The molecule has 5 heteroatoms. The number of anilines is 1. The van der Waals surface area contributed by atoms with E-state index in [4.69, 9.17) is 4.74 Å². The molecule has 0 radical (unpaired) electrons. The summed E-state index contributed by atoms with van der Waals surface area (Å²) in [6, 6.07) is 11.3. The molecule has 0 unspecified atom stereocenters. The molecule has 0 aliphatic carbocycles. The van der Waals surface area contributed by atoms with Crippen LogP contribution in [0.2, 0.25) is 0 Å². The quantitative estimate of drug-likeness (QED) is 0.751. The minimum absolute atomic E-state index is 0.0512. The van der Waals surface area contributed by atoms with Crippen molar-refractivity contribution in [2.24, 2.45) is 0 Å². The lowest BCUT2D eigenvalue weighted by Gasteiger charge is -2.12. The van der Waals surface area contributed by atoms with Gasteiger partial charge in [-0.3, -0.25) is 9.59 Å².